The average molecular weight is 370 g/mol. The third kappa shape index (κ3) is 9.44. The van der Waals surface area contributed by atoms with Gasteiger partial charge >= 0.3 is 12.1 Å². The number of carbonyl (C=O) groups excluding carboxylic acids is 2. The van der Waals surface area contributed by atoms with Gasteiger partial charge in [0.05, 0.1) is 13.2 Å². The fraction of sp³-hybridized carbons (Fsp3) is 0.905. The summed E-state index contributed by atoms with van der Waals surface area (Å²) in [5.74, 6) is -0.266. The van der Waals surface area contributed by atoms with Crippen LogP contribution in [-0.4, -0.2) is 42.8 Å². The van der Waals surface area contributed by atoms with E-state index in [0.29, 0.717) is 26.2 Å². The lowest BCUT2D eigenvalue weighted by atomic mass is 10.0. The van der Waals surface area contributed by atoms with Gasteiger partial charge in [0, 0.05) is 6.54 Å². The smallest absolute Gasteiger partial charge is 0.410 e. The predicted molar refractivity (Wildman–Crippen MR) is 104 cm³/mol. The van der Waals surface area contributed by atoms with Crippen molar-refractivity contribution in [3.63, 3.8) is 0 Å². The van der Waals surface area contributed by atoms with Crippen LogP contribution in [0.3, 0.4) is 0 Å². The molecule has 1 fully saturated rings. The second-order valence-corrected chi connectivity index (χ2v) is 7.32. The fourth-order valence-corrected chi connectivity index (χ4v) is 3.35. The maximum atomic E-state index is 12.4. The molecule has 26 heavy (non-hydrogen) atoms. The minimum Gasteiger partial charge on any atom is -0.464 e. The molecule has 0 N–H and O–H groups in total. The van der Waals surface area contributed by atoms with Crippen LogP contribution in [0, 0.1) is 0 Å². The minimum absolute atomic E-state index is 0.266. The molecule has 0 aromatic rings. The summed E-state index contributed by atoms with van der Waals surface area (Å²) in [7, 11) is 0. The minimum atomic E-state index is -0.466. The Morgan fingerprint density at radius 2 is 1.46 bits per heavy atom. The van der Waals surface area contributed by atoms with Crippen molar-refractivity contribution in [2.75, 3.05) is 19.8 Å². The molecule has 5 heteroatoms. The number of rotatable bonds is 13. The highest BCUT2D eigenvalue weighted by Crippen LogP contribution is 2.19. The van der Waals surface area contributed by atoms with Crippen molar-refractivity contribution in [3.8, 4) is 0 Å². The molecule has 0 aliphatic carbocycles. The molecule has 0 aromatic heterocycles. The van der Waals surface area contributed by atoms with Gasteiger partial charge in [0.25, 0.3) is 0 Å². The van der Waals surface area contributed by atoms with Gasteiger partial charge in [0.2, 0.25) is 0 Å². The zero-order chi connectivity index (χ0) is 19.0. The van der Waals surface area contributed by atoms with Gasteiger partial charge in [-0.2, -0.15) is 0 Å². The van der Waals surface area contributed by atoms with Crippen LogP contribution < -0.4 is 0 Å². The number of amides is 1. The Bertz CT molecular complexity index is 386. The normalized spacial score (nSPS) is 17.2. The van der Waals surface area contributed by atoms with E-state index in [-0.39, 0.29) is 12.1 Å². The van der Waals surface area contributed by atoms with Crippen molar-refractivity contribution in [3.05, 3.63) is 0 Å². The molecule has 1 heterocycles. The van der Waals surface area contributed by atoms with Crippen molar-refractivity contribution < 1.29 is 19.1 Å². The predicted octanol–water partition coefficient (Wildman–Crippen LogP) is 5.46. The molecule has 1 aliphatic heterocycles. The van der Waals surface area contributed by atoms with Crippen LogP contribution in [0.2, 0.25) is 0 Å². The average Bonchev–Trinajstić information content (AvgIpc) is 2.67. The van der Waals surface area contributed by atoms with E-state index >= 15 is 0 Å². The number of hydrogen-bond acceptors (Lipinski definition) is 4. The number of ether oxygens (including phenoxy) is 2. The maximum Gasteiger partial charge on any atom is 0.410 e. The summed E-state index contributed by atoms with van der Waals surface area (Å²) in [6.45, 7) is 5.64. The molecule has 0 bridgehead atoms. The molecule has 1 atom stereocenters. The first-order chi connectivity index (χ1) is 12.7. The van der Waals surface area contributed by atoms with Gasteiger partial charge in [-0.3, -0.25) is 4.90 Å². The first kappa shape index (κ1) is 22.8. The van der Waals surface area contributed by atoms with Crippen molar-refractivity contribution in [1.29, 1.82) is 0 Å². The van der Waals surface area contributed by atoms with Crippen LogP contribution in [0.5, 0.6) is 0 Å². The van der Waals surface area contributed by atoms with Gasteiger partial charge in [-0.05, 0) is 32.1 Å². The first-order valence-electron chi connectivity index (χ1n) is 10.8. The standard InChI is InChI=1S/C21H39NO4/c1-3-5-6-7-8-9-10-11-14-18-25-20(23)19-15-12-13-16-22(19)21(24)26-17-4-2/h19H,3-18H2,1-2H3. The SMILES string of the molecule is CCCCCCCCCCCOC(=O)C1CCCCN1C(=O)OCCC. The Kier molecular flexibility index (Phi) is 13.0. The van der Waals surface area contributed by atoms with E-state index in [2.05, 4.69) is 6.92 Å². The van der Waals surface area contributed by atoms with Gasteiger partial charge in [-0.1, -0.05) is 65.2 Å². The molecule has 152 valence electrons. The molecule has 5 nitrogen and oxygen atoms in total. The van der Waals surface area contributed by atoms with Crippen LogP contribution >= 0.6 is 0 Å². The molecule has 1 saturated heterocycles. The topological polar surface area (TPSA) is 55.8 Å². The summed E-state index contributed by atoms with van der Waals surface area (Å²) in [5, 5.41) is 0. The zero-order valence-electron chi connectivity index (χ0n) is 17.0. The number of piperidine rings is 1. The van der Waals surface area contributed by atoms with Crippen molar-refractivity contribution in [2.24, 2.45) is 0 Å². The summed E-state index contributed by atoms with van der Waals surface area (Å²) in [5.41, 5.74) is 0. The van der Waals surface area contributed by atoms with E-state index < -0.39 is 6.04 Å². The van der Waals surface area contributed by atoms with Crippen LogP contribution in [0.25, 0.3) is 0 Å². The molecule has 0 spiro atoms. The lowest BCUT2D eigenvalue weighted by Crippen LogP contribution is -2.49. The Labute approximate surface area is 159 Å². The van der Waals surface area contributed by atoms with Gasteiger partial charge in [-0.15, -0.1) is 0 Å². The molecular formula is C21H39NO4. The summed E-state index contributed by atoms with van der Waals surface area (Å²) >= 11 is 0. The monoisotopic (exact) mass is 369 g/mol. The van der Waals surface area contributed by atoms with Gasteiger partial charge in [0.15, 0.2) is 0 Å². The van der Waals surface area contributed by atoms with Crippen LogP contribution in [0.1, 0.15) is 97.3 Å². The number of carbonyl (C=O) groups is 2. The largest absolute Gasteiger partial charge is 0.464 e. The molecule has 1 amide bonds. The fourth-order valence-electron chi connectivity index (χ4n) is 3.35. The second kappa shape index (κ2) is 14.9. The van der Waals surface area contributed by atoms with E-state index in [4.69, 9.17) is 9.47 Å². The third-order valence-electron chi connectivity index (χ3n) is 4.93. The van der Waals surface area contributed by atoms with Crippen LogP contribution in [0.4, 0.5) is 4.79 Å². The lowest BCUT2D eigenvalue weighted by molar-refractivity contribution is -0.150. The summed E-state index contributed by atoms with van der Waals surface area (Å²) in [6, 6.07) is -0.466. The molecule has 0 aromatic carbocycles. The number of nitrogens with zero attached hydrogens (tertiary/aromatic N) is 1. The van der Waals surface area contributed by atoms with E-state index in [1.807, 2.05) is 6.92 Å². The molecule has 0 radical (unpaired) electrons. The van der Waals surface area contributed by atoms with Crippen molar-refractivity contribution >= 4 is 12.1 Å². The Morgan fingerprint density at radius 3 is 2.12 bits per heavy atom. The van der Waals surface area contributed by atoms with Gasteiger partial charge in [-0.25, -0.2) is 9.59 Å². The lowest BCUT2D eigenvalue weighted by Gasteiger charge is -2.33. The Morgan fingerprint density at radius 1 is 0.808 bits per heavy atom. The zero-order valence-corrected chi connectivity index (χ0v) is 17.0. The Balaban J connectivity index is 2.15. The molecular weight excluding hydrogens is 330 g/mol. The van der Waals surface area contributed by atoms with Crippen LogP contribution in [-0.2, 0) is 14.3 Å². The molecule has 0 saturated carbocycles. The van der Waals surface area contributed by atoms with E-state index in [9.17, 15) is 9.59 Å². The second-order valence-electron chi connectivity index (χ2n) is 7.32. The van der Waals surface area contributed by atoms with E-state index in [1.54, 1.807) is 4.90 Å². The summed E-state index contributed by atoms with van der Waals surface area (Å²) in [4.78, 5) is 26.0. The van der Waals surface area contributed by atoms with Crippen molar-refractivity contribution in [2.45, 2.75) is 103 Å². The Hall–Kier alpha value is -1.26. The van der Waals surface area contributed by atoms with Crippen molar-refractivity contribution in [1.82, 2.24) is 4.90 Å². The van der Waals surface area contributed by atoms with E-state index in [1.165, 1.54) is 44.9 Å². The number of unbranched alkanes of at least 4 members (excludes halogenated alkanes) is 8. The van der Waals surface area contributed by atoms with Gasteiger partial charge < -0.3 is 9.47 Å². The highest BCUT2D eigenvalue weighted by atomic mass is 16.6. The highest BCUT2D eigenvalue weighted by Gasteiger charge is 2.34. The van der Waals surface area contributed by atoms with E-state index in [0.717, 1.165) is 32.1 Å². The molecule has 1 aliphatic rings. The number of likely N-dealkylation sites (tertiary alicyclic amines) is 1. The first-order valence-corrected chi connectivity index (χ1v) is 10.8. The maximum absolute atomic E-state index is 12.4. The molecule has 1 unspecified atom stereocenters. The number of hydrogen-bond donors (Lipinski definition) is 0. The quantitative estimate of drug-likeness (QED) is 0.319. The molecule has 1 rings (SSSR count). The summed E-state index contributed by atoms with van der Waals surface area (Å²) in [6.07, 6.45) is 14.1. The number of esters is 1. The summed E-state index contributed by atoms with van der Waals surface area (Å²) < 4.78 is 10.6. The highest BCUT2D eigenvalue weighted by molar-refractivity contribution is 5.81. The third-order valence-corrected chi connectivity index (χ3v) is 4.93. The van der Waals surface area contributed by atoms with Gasteiger partial charge in [0.1, 0.15) is 6.04 Å². The van der Waals surface area contributed by atoms with Crippen LogP contribution in [0.15, 0.2) is 0 Å².